The van der Waals surface area contributed by atoms with Crippen molar-refractivity contribution in [2.24, 2.45) is 5.92 Å². The highest BCUT2D eigenvalue weighted by atomic mass is 79.9. The number of carbonyl (C=O) groups excluding carboxylic acids is 1. The Balaban J connectivity index is 2.33. The summed E-state index contributed by atoms with van der Waals surface area (Å²) in [7, 11) is 0. The van der Waals surface area contributed by atoms with E-state index in [1.165, 1.54) is 0 Å². The number of anilines is 1. The minimum absolute atomic E-state index is 0.219. The fourth-order valence-electron chi connectivity index (χ4n) is 1.92. The molecule has 0 saturated heterocycles. The van der Waals surface area contributed by atoms with E-state index in [0.29, 0.717) is 12.3 Å². The van der Waals surface area contributed by atoms with Gasteiger partial charge in [-0.15, -0.1) is 0 Å². The van der Waals surface area contributed by atoms with Crippen LogP contribution in [0.1, 0.15) is 19.4 Å². The van der Waals surface area contributed by atoms with Gasteiger partial charge in [0.1, 0.15) is 0 Å². The lowest BCUT2D eigenvalue weighted by Gasteiger charge is -2.19. The van der Waals surface area contributed by atoms with E-state index in [-0.39, 0.29) is 5.91 Å². The predicted octanol–water partition coefficient (Wildman–Crippen LogP) is 2.99. The summed E-state index contributed by atoms with van der Waals surface area (Å²) >= 11 is 3.43. The molecule has 1 aromatic carbocycles. The SMILES string of the molecule is CC(C)CN1C(=O)Cc2cc(Br)ccc21. The molecule has 15 heavy (non-hydrogen) atoms. The number of hydrogen-bond acceptors (Lipinski definition) is 1. The number of benzene rings is 1. The van der Waals surface area contributed by atoms with Crippen molar-refractivity contribution in [3.63, 3.8) is 0 Å². The van der Waals surface area contributed by atoms with Crippen molar-refractivity contribution in [1.82, 2.24) is 0 Å². The van der Waals surface area contributed by atoms with Crippen molar-refractivity contribution in [2.75, 3.05) is 11.4 Å². The Hall–Kier alpha value is -0.830. The second-order valence-corrected chi connectivity index (χ2v) is 5.26. The van der Waals surface area contributed by atoms with Crippen LogP contribution in [-0.2, 0) is 11.2 Å². The van der Waals surface area contributed by atoms with Gasteiger partial charge in [0.05, 0.1) is 6.42 Å². The van der Waals surface area contributed by atoms with Crippen molar-refractivity contribution in [1.29, 1.82) is 0 Å². The molecule has 3 heteroatoms. The summed E-state index contributed by atoms with van der Waals surface area (Å²) in [5.74, 6) is 0.723. The minimum Gasteiger partial charge on any atom is -0.312 e. The maximum Gasteiger partial charge on any atom is 0.231 e. The van der Waals surface area contributed by atoms with Gasteiger partial charge in [-0.1, -0.05) is 29.8 Å². The molecule has 2 nitrogen and oxygen atoms in total. The van der Waals surface area contributed by atoms with E-state index in [1.54, 1.807) is 0 Å². The van der Waals surface area contributed by atoms with E-state index in [1.807, 2.05) is 23.1 Å². The molecule has 0 atom stereocenters. The summed E-state index contributed by atoms with van der Waals surface area (Å²) in [6.45, 7) is 5.07. The van der Waals surface area contributed by atoms with Gasteiger partial charge >= 0.3 is 0 Å². The van der Waals surface area contributed by atoms with Crippen LogP contribution in [0.5, 0.6) is 0 Å². The molecule has 1 amide bonds. The number of halogens is 1. The van der Waals surface area contributed by atoms with Crippen LogP contribution in [0.3, 0.4) is 0 Å². The molecule has 1 aliphatic rings. The van der Waals surface area contributed by atoms with Crippen LogP contribution in [0.25, 0.3) is 0 Å². The maximum atomic E-state index is 11.8. The van der Waals surface area contributed by atoms with Crippen molar-refractivity contribution < 1.29 is 4.79 Å². The summed E-state index contributed by atoms with van der Waals surface area (Å²) in [6, 6.07) is 6.05. The fraction of sp³-hybridized carbons (Fsp3) is 0.417. The largest absolute Gasteiger partial charge is 0.312 e. The highest BCUT2D eigenvalue weighted by Gasteiger charge is 2.27. The van der Waals surface area contributed by atoms with Crippen LogP contribution >= 0.6 is 15.9 Å². The van der Waals surface area contributed by atoms with E-state index in [9.17, 15) is 4.79 Å². The van der Waals surface area contributed by atoms with Gasteiger partial charge < -0.3 is 4.90 Å². The first-order valence-corrected chi connectivity index (χ1v) is 5.96. The first kappa shape index (κ1) is 10.7. The zero-order chi connectivity index (χ0) is 11.0. The Bertz CT molecular complexity index is 401. The molecule has 0 bridgehead atoms. The van der Waals surface area contributed by atoms with Crippen LogP contribution < -0.4 is 4.90 Å². The summed E-state index contributed by atoms with van der Waals surface area (Å²) in [5, 5.41) is 0. The minimum atomic E-state index is 0.219. The smallest absolute Gasteiger partial charge is 0.231 e. The molecule has 1 aromatic rings. The van der Waals surface area contributed by atoms with E-state index >= 15 is 0 Å². The Morgan fingerprint density at radius 1 is 1.47 bits per heavy atom. The molecule has 0 unspecified atom stereocenters. The van der Waals surface area contributed by atoms with Gasteiger partial charge in [-0.2, -0.15) is 0 Å². The first-order chi connectivity index (χ1) is 7.08. The standard InChI is InChI=1S/C12H14BrNO/c1-8(2)7-14-11-4-3-10(13)5-9(11)6-12(14)15/h3-5,8H,6-7H2,1-2H3. The van der Waals surface area contributed by atoms with Crippen LogP contribution in [0.15, 0.2) is 22.7 Å². The zero-order valence-corrected chi connectivity index (χ0v) is 10.5. The summed E-state index contributed by atoms with van der Waals surface area (Å²) in [5.41, 5.74) is 2.21. The quantitative estimate of drug-likeness (QED) is 0.807. The molecule has 0 radical (unpaired) electrons. The average Bonchev–Trinajstić information content (AvgIpc) is 2.41. The topological polar surface area (TPSA) is 20.3 Å². The molecule has 0 aromatic heterocycles. The van der Waals surface area contributed by atoms with Gasteiger partial charge in [0.15, 0.2) is 0 Å². The Labute approximate surface area is 98.4 Å². The fourth-order valence-corrected chi connectivity index (χ4v) is 2.33. The number of nitrogens with zero attached hydrogens (tertiary/aromatic N) is 1. The van der Waals surface area contributed by atoms with Gasteiger partial charge in [-0.25, -0.2) is 0 Å². The first-order valence-electron chi connectivity index (χ1n) is 5.16. The van der Waals surface area contributed by atoms with Crippen molar-refractivity contribution in [3.05, 3.63) is 28.2 Å². The number of carbonyl (C=O) groups is 1. The Kier molecular flexibility index (Phi) is 2.83. The van der Waals surface area contributed by atoms with Crippen LogP contribution in [0.2, 0.25) is 0 Å². The van der Waals surface area contributed by atoms with Crippen LogP contribution in [0, 0.1) is 5.92 Å². The molecule has 0 aliphatic carbocycles. The van der Waals surface area contributed by atoms with Gasteiger partial charge in [0, 0.05) is 16.7 Å². The summed E-state index contributed by atoms with van der Waals surface area (Å²) in [4.78, 5) is 13.7. The molecular weight excluding hydrogens is 254 g/mol. The average molecular weight is 268 g/mol. The number of rotatable bonds is 2. The van der Waals surface area contributed by atoms with Crippen molar-refractivity contribution in [2.45, 2.75) is 20.3 Å². The summed E-state index contributed by atoms with van der Waals surface area (Å²) < 4.78 is 1.04. The molecule has 0 spiro atoms. The van der Waals surface area contributed by atoms with Gasteiger partial charge in [0.25, 0.3) is 0 Å². The lowest BCUT2D eigenvalue weighted by Crippen LogP contribution is -2.30. The van der Waals surface area contributed by atoms with E-state index < -0.39 is 0 Å². The predicted molar refractivity (Wildman–Crippen MR) is 65.0 cm³/mol. The third-order valence-electron chi connectivity index (χ3n) is 2.52. The maximum absolute atomic E-state index is 11.8. The molecule has 0 fully saturated rings. The van der Waals surface area contributed by atoms with Gasteiger partial charge in [-0.05, 0) is 29.7 Å². The highest BCUT2D eigenvalue weighted by Crippen LogP contribution is 2.31. The summed E-state index contributed by atoms with van der Waals surface area (Å²) in [6.07, 6.45) is 0.543. The molecule has 0 N–H and O–H groups in total. The molecule has 0 saturated carbocycles. The molecule has 1 aliphatic heterocycles. The lowest BCUT2D eigenvalue weighted by atomic mass is 10.1. The highest BCUT2D eigenvalue weighted by molar-refractivity contribution is 9.10. The lowest BCUT2D eigenvalue weighted by molar-refractivity contribution is -0.117. The van der Waals surface area contributed by atoms with E-state index in [2.05, 4.69) is 29.8 Å². The number of hydrogen-bond donors (Lipinski definition) is 0. The van der Waals surface area contributed by atoms with Gasteiger partial charge in [-0.3, -0.25) is 4.79 Å². The molecule has 80 valence electrons. The number of amides is 1. The Morgan fingerprint density at radius 3 is 2.87 bits per heavy atom. The van der Waals surface area contributed by atoms with Crippen LogP contribution in [0.4, 0.5) is 5.69 Å². The van der Waals surface area contributed by atoms with Crippen LogP contribution in [-0.4, -0.2) is 12.5 Å². The molecule has 1 heterocycles. The third-order valence-corrected chi connectivity index (χ3v) is 3.02. The second-order valence-electron chi connectivity index (χ2n) is 4.35. The molecule has 2 rings (SSSR count). The molecular formula is C12H14BrNO. The van der Waals surface area contributed by atoms with Crippen molar-refractivity contribution in [3.8, 4) is 0 Å². The zero-order valence-electron chi connectivity index (χ0n) is 8.96. The van der Waals surface area contributed by atoms with E-state index in [4.69, 9.17) is 0 Å². The second kappa shape index (κ2) is 3.97. The third kappa shape index (κ3) is 2.07. The monoisotopic (exact) mass is 267 g/mol. The van der Waals surface area contributed by atoms with Gasteiger partial charge in [0.2, 0.25) is 5.91 Å². The normalized spacial score (nSPS) is 14.9. The van der Waals surface area contributed by atoms with Crippen molar-refractivity contribution >= 4 is 27.5 Å². The Morgan fingerprint density at radius 2 is 2.20 bits per heavy atom. The van der Waals surface area contributed by atoms with E-state index in [0.717, 1.165) is 22.3 Å². The number of fused-ring (bicyclic) bond motifs is 1.